The number of piperazine rings is 1. The van der Waals surface area contributed by atoms with Crippen LogP contribution in [-0.4, -0.2) is 55.2 Å². The Balaban J connectivity index is 1.32. The summed E-state index contributed by atoms with van der Waals surface area (Å²) in [4.78, 5) is 20.5. The lowest BCUT2D eigenvalue weighted by Gasteiger charge is -2.34. The second kappa shape index (κ2) is 9.85. The molecule has 0 N–H and O–H groups in total. The average molecular weight is 460 g/mol. The zero-order valence-electron chi connectivity index (χ0n) is 17.8. The van der Waals surface area contributed by atoms with Crippen LogP contribution in [-0.2, 0) is 16.1 Å². The molecular formula is C23H26ClN3O3S. The van der Waals surface area contributed by atoms with Gasteiger partial charge in [0.2, 0.25) is 0 Å². The van der Waals surface area contributed by atoms with E-state index < -0.39 is 0 Å². The minimum atomic E-state index is -0.290. The zero-order chi connectivity index (χ0) is 21.8. The molecule has 6 nitrogen and oxygen atoms in total. The summed E-state index contributed by atoms with van der Waals surface area (Å²) >= 11 is 7.81. The fourth-order valence-electron chi connectivity index (χ4n) is 3.72. The molecule has 1 aliphatic rings. The molecule has 0 bridgehead atoms. The van der Waals surface area contributed by atoms with Gasteiger partial charge in [0, 0.05) is 44.7 Å². The third-order valence-electron chi connectivity index (χ3n) is 5.16. The van der Waals surface area contributed by atoms with Gasteiger partial charge in [0.15, 0.2) is 5.13 Å². The molecule has 0 aliphatic carbocycles. The molecule has 31 heavy (non-hydrogen) atoms. The standard InChI is InChI=1S/C23H26ClN3O3S/c1-16-11-18(13-20(12-16)30-10-9-29-17(2)28)15-26-5-7-27(8-6-26)23-25-21-4-3-19(24)14-22(21)31-23/h3-4,11-14H,5-10,15H2,1-2H3. The molecule has 164 valence electrons. The van der Waals surface area contributed by atoms with E-state index in [2.05, 4.69) is 28.9 Å². The van der Waals surface area contributed by atoms with Crippen molar-refractivity contribution in [2.75, 3.05) is 44.3 Å². The maximum atomic E-state index is 10.9. The number of carbonyl (C=O) groups excluding carboxylic acids is 1. The highest BCUT2D eigenvalue weighted by Crippen LogP contribution is 2.31. The third-order valence-corrected chi connectivity index (χ3v) is 6.47. The number of anilines is 1. The fraction of sp³-hybridized carbons (Fsp3) is 0.391. The number of aryl methyl sites for hydroxylation is 1. The Morgan fingerprint density at radius 3 is 2.71 bits per heavy atom. The Morgan fingerprint density at radius 2 is 1.94 bits per heavy atom. The summed E-state index contributed by atoms with van der Waals surface area (Å²) in [7, 11) is 0. The number of hydrogen-bond acceptors (Lipinski definition) is 7. The van der Waals surface area contributed by atoms with Crippen LogP contribution in [0.25, 0.3) is 10.2 Å². The first kappa shape index (κ1) is 21.9. The molecule has 1 fully saturated rings. The normalized spacial score (nSPS) is 14.7. The van der Waals surface area contributed by atoms with Gasteiger partial charge < -0.3 is 14.4 Å². The monoisotopic (exact) mass is 459 g/mol. The van der Waals surface area contributed by atoms with Gasteiger partial charge in [0.05, 0.1) is 10.2 Å². The molecule has 0 amide bonds. The largest absolute Gasteiger partial charge is 0.490 e. The van der Waals surface area contributed by atoms with Gasteiger partial charge in [-0.05, 0) is 48.4 Å². The Labute approximate surface area is 191 Å². The first-order valence-electron chi connectivity index (χ1n) is 10.4. The predicted octanol–water partition coefficient (Wildman–Crippen LogP) is 4.52. The van der Waals surface area contributed by atoms with Gasteiger partial charge in [-0.15, -0.1) is 0 Å². The zero-order valence-corrected chi connectivity index (χ0v) is 19.3. The van der Waals surface area contributed by atoms with Gasteiger partial charge >= 0.3 is 5.97 Å². The number of aromatic nitrogens is 1. The third kappa shape index (κ3) is 5.87. The summed E-state index contributed by atoms with van der Waals surface area (Å²) in [6.07, 6.45) is 0. The highest BCUT2D eigenvalue weighted by molar-refractivity contribution is 7.22. The summed E-state index contributed by atoms with van der Waals surface area (Å²) < 4.78 is 11.8. The molecule has 4 rings (SSSR count). The number of ether oxygens (including phenoxy) is 2. The Bertz CT molecular complexity index is 1060. The second-order valence-corrected chi connectivity index (χ2v) is 9.16. The first-order valence-corrected chi connectivity index (χ1v) is 11.6. The summed E-state index contributed by atoms with van der Waals surface area (Å²) in [6, 6.07) is 12.1. The molecular weight excluding hydrogens is 434 g/mol. The molecule has 3 aromatic rings. The van der Waals surface area contributed by atoms with Crippen molar-refractivity contribution in [3.8, 4) is 5.75 Å². The number of fused-ring (bicyclic) bond motifs is 1. The lowest BCUT2D eigenvalue weighted by molar-refractivity contribution is -0.141. The molecule has 0 saturated carbocycles. The van der Waals surface area contributed by atoms with Crippen LogP contribution in [0, 0.1) is 6.92 Å². The van der Waals surface area contributed by atoms with E-state index in [-0.39, 0.29) is 12.6 Å². The van der Waals surface area contributed by atoms with Crippen molar-refractivity contribution in [2.24, 2.45) is 0 Å². The number of rotatable bonds is 7. The maximum Gasteiger partial charge on any atom is 0.302 e. The smallest absolute Gasteiger partial charge is 0.302 e. The molecule has 1 aromatic heterocycles. The van der Waals surface area contributed by atoms with Crippen LogP contribution in [0.2, 0.25) is 5.02 Å². The molecule has 1 saturated heterocycles. The fourth-order valence-corrected chi connectivity index (χ4v) is 5.01. The lowest BCUT2D eigenvalue weighted by Crippen LogP contribution is -2.45. The molecule has 0 atom stereocenters. The first-order chi connectivity index (χ1) is 15.0. The van der Waals surface area contributed by atoms with Crippen LogP contribution < -0.4 is 9.64 Å². The Kier molecular flexibility index (Phi) is 6.95. The van der Waals surface area contributed by atoms with E-state index in [9.17, 15) is 4.79 Å². The van der Waals surface area contributed by atoms with Crippen LogP contribution in [0.3, 0.4) is 0 Å². The van der Waals surface area contributed by atoms with E-state index in [0.717, 1.165) is 64.4 Å². The maximum absolute atomic E-state index is 10.9. The summed E-state index contributed by atoms with van der Waals surface area (Å²) in [5, 5.41) is 1.82. The van der Waals surface area contributed by atoms with Gasteiger partial charge in [0.25, 0.3) is 0 Å². The highest BCUT2D eigenvalue weighted by Gasteiger charge is 2.20. The van der Waals surface area contributed by atoms with Gasteiger partial charge in [-0.1, -0.05) is 29.0 Å². The summed E-state index contributed by atoms with van der Waals surface area (Å²) in [5.41, 5.74) is 3.39. The number of benzene rings is 2. The molecule has 0 radical (unpaired) electrons. The van der Waals surface area contributed by atoms with Crippen molar-refractivity contribution >= 4 is 44.3 Å². The number of carbonyl (C=O) groups is 1. The van der Waals surface area contributed by atoms with Crippen LogP contribution >= 0.6 is 22.9 Å². The van der Waals surface area contributed by atoms with Crippen LogP contribution in [0.15, 0.2) is 36.4 Å². The van der Waals surface area contributed by atoms with Crippen molar-refractivity contribution in [3.63, 3.8) is 0 Å². The number of nitrogens with zero attached hydrogens (tertiary/aromatic N) is 3. The quantitative estimate of drug-likeness (QED) is 0.382. The van der Waals surface area contributed by atoms with Crippen molar-refractivity contribution in [1.82, 2.24) is 9.88 Å². The number of thiazole rings is 1. The highest BCUT2D eigenvalue weighted by atomic mass is 35.5. The molecule has 2 aromatic carbocycles. The van der Waals surface area contributed by atoms with E-state index in [0.29, 0.717) is 6.61 Å². The Hall–Kier alpha value is -2.35. The van der Waals surface area contributed by atoms with Crippen LogP contribution in [0.5, 0.6) is 5.75 Å². The average Bonchev–Trinajstić information content (AvgIpc) is 3.14. The van der Waals surface area contributed by atoms with Gasteiger partial charge in [-0.3, -0.25) is 9.69 Å². The van der Waals surface area contributed by atoms with Crippen LogP contribution in [0.4, 0.5) is 5.13 Å². The summed E-state index contributed by atoms with van der Waals surface area (Å²) in [5.74, 6) is 0.524. The van der Waals surface area contributed by atoms with Gasteiger partial charge in [-0.25, -0.2) is 4.98 Å². The van der Waals surface area contributed by atoms with E-state index in [4.69, 9.17) is 26.1 Å². The minimum absolute atomic E-state index is 0.262. The van der Waals surface area contributed by atoms with Crippen molar-refractivity contribution in [1.29, 1.82) is 0 Å². The van der Waals surface area contributed by atoms with Crippen molar-refractivity contribution in [3.05, 3.63) is 52.5 Å². The lowest BCUT2D eigenvalue weighted by atomic mass is 10.1. The topological polar surface area (TPSA) is 54.9 Å². The van der Waals surface area contributed by atoms with Gasteiger partial charge in [-0.2, -0.15) is 0 Å². The molecule has 2 heterocycles. The van der Waals surface area contributed by atoms with Crippen LogP contribution in [0.1, 0.15) is 18.1 Å². The number of esters is 1. The SMILES string of the molecule is CC(=O)OCCOc1cc(C)cc(CN2CCN(c3nc4ccc(Cl)cc4s3)CC2)c1. The summed E-state index contributed by atoms with van der Waals surface area (Å²) in [6.45, 7) is 8.83. The predicted molar refractivity (Wildman–Crippen MR) is 125 cm³/mol. The minimum Gasteiger partial charge on any atom is -0.490 e. The van der Waals surface area contributed by atoms with Crippen molar-refractivity contribution < 1.29 is 14.3 Å². The van der Waals surface area contributed by atoms with E-state index >= 15 is 0 Å². The van der Waals surface area contributed by atoms with Crippen molar-refractivity contribution in [2.45, 2.75) is 20.4 Å². The Morgan fingerprint density at radius 1 is 1.13 bits per heavy atom. The molecule has 0 unspecified atom stereocenters. The van der Waals surface area contributed by atoms with E-state index in [1.807, 2.05) is 24.3 Å². The number of halogens is 1. The molecule has 1 aliphatic heterocycles. The van der Waals surface area contributed by atoms with Gasteiger partial charge in [0.1, 0.15) is 19.0 Å². The number of hydrogen-bond donors (Lipinski definition) is 0. The van der Waals surface area contributed by atoms with E-state index in [1.54, 1.807) is 11.3 Å². The molecule has 0 spiro atoms. The second-order valence-electron chi connectivity index (χ2n) is 7.71. The molecule has 8 heteroatoms. The van der Waals surface area contributed by atoms with E-state index in [1.165, 1.54) is 12.5 Å².